The lowest BCUT2D eigenvalue weighted by Crippen LogP contribution is -2.45. The van der Waals surface area contributed by atoms with Crippen molar-refractivity contribution in [3.63, 3.8) is 0 Å². The summed E-state index contributed by atoms with van der Waals surface area (Å²) < 4.78 is 25.9. The predicted octanol–water partition coefficient (Wildman–Crippen LogP) is 13.9. The molecule has 6 aromatic heterocycles. The summed E-state index contributed by atoms with van der Waals surface area (Å²) in [5.41, 5.74) is 10.9. The van der Waals surface area contributed by atoms with Crippen molar-refractivity contribution in [1.82, 2.24) is 15.0 Å². The highest BCUT2D eigenvalue weighted by atomic mass is 127. The van der Waals surface area contributed by atoms with Gasteiger partial charge in [-0.2, -0.15) is 0 Å². The number of carbonyl (C=O) groups excluding carboxylic acids is 2. The molecule has 1 aliphatic rings. The minimum absolute atomic E-state index is 0.379. The largest absolute Gasteiger partial charge is 0.513 e. The molecule has 8 rings (SSSR count). The van der Waals surface area contributed by atoms with Gasteiger partial charge in [0.2, 0.25) is 0 Å². The van der Waals surface area contributed by atoms with Crippen molar-refractivity contribution < 1.29 is 28.4 Å². The maximum absolute atomic E-state index is 11.8. The van der Waals surface area contributed by atoms with Crippen LogP contribution in [0.5, 0.6) is 0 Å². The van der Waals surface area contributed by atoms with Crippen LogP contribution in [0.15, 0.2) is 133 Å². The SMILES string of the molecule is Brc1ccc(B2OCCN(c3ccccc3)CCO2)nc1.CC(C)(C)OC(=O)Nc1ccsc1-c1ccc(Br)cn1.CC(C)(C)OC(=O)Nc1ccsc1I.Nc1ccsc1-c1ccc(Br)cn1. The number of para-hydroxylation sites is 1. The summed E-state index contributed by atoms with van der Waals surface area (Å²) in [6.07, 6.45) is 4.39. The van der Waals surface area contributed by atoms with Crippen molar-refractivity contribution in [1.29, 1.82) is 0 Å². The van der Waals surface area contributed by atoms with E-state index in [1.807, 2.05) is 130 Å². The summed E-state index contributed by atoms with van der Waals surface area (Å²) in [6.45, 7) is 13.9. The number of hydrogen-bond donors (Lipinski definition) is 3. The van der Waals surface area contributed by atoms with E-state index in [9.17, 15) is 9.59 Å². The first-order valence-electron chi connectivity index (χ1n) is 20.9. The molecule has 0 unspecified atom stereocenters. The van der Waals surface area contributed by atoms with Gasteiger partial charge in [-0.05, 0) is 195 Å². The van der Waals surface area contributed by atoms with Gasteiger partial charge in [-0.25, -0.2) is 9.59 Å². The van der Waals surface area contributed by atoms with Crippen LogP contribution in [0.2, 0.25) is 0 Å². The number of benzene rings is 1. The molecule has 0 bridgehead atoms. The number of nitrogen functional groups attached to an aromatic ring is 1. The van der Waals surface area contributed by atoms with Crippen LogP contribution in [-0.2, 0) is 18.8 Å². The Kier molecular flexibility index (Phi) is 21.7. The summed E-state index contributed by atoms with van der Waals surface area (Å²) in [6, 6.07) is 27.5. The molecule has 1 aliphatic heterocycles. The summed E-state index contributed by atoms with van der Waals surface area (Å²) in [5.74, 6) is 0. The van der Waals surface area contributed by atoms with Crippen molar-refractivity contribution in [2.45, 2.75) is 52.7 Å². The van der Waals surface area contributed by atoms with Gasteiger partial charge in [0.05, 0.1) is 46.7 Å². The number of thiophene rings is 3. The van der Waals surface area contributed by atoms with Crippen LogP contribution in [0.25, 0.3) is 21.1 Å². The molecular formula is C47H50BBr3IN7O6S3. The van der Waals surface area contributed by atoms with Crippen molar-refractivity contribution in [3.05, 3.63) is 136 Å². The Hall–Kier alpha value is -3.94. The number of rotatable bonds is 6. The summed E-state index contributed by atoms with van der Waals surface area (Å²) in [7, 11) is -0.379. The van der Waals surface area contributed by atoms with Crippen LogP contribution < -0.4 is 26.9 Å². The first kappa shape index (κ1) is 55.0. The number of halogens is 4. The van der Waals surface area contributed by atoms with Crippen molar-refractivity contribution in [3.8, 4) is 21.1 Å². The first-order chi connectivity index (χ1) is 32.3. The number of carbonyl (C=O) groups is 2. The quantitative estimate of drug-likeness (QED) is 0.107. The number of ether oxygens (including phenoxy) is 2. The normalized spacial score (nSPS) is 12.6. The minimum Gasteiger partial charge on any atom is -0.444 e. The van der Waals surface area contributed by atoms with E-state index in [1.54, 1.807) is 41.3 Å². The molecule has 13 nitrogen and oxygen atoms in total. The standard InChI is InChI=1S/C15H16BBrN2O2.C14H15BrN2O2S.C9H7BrN2S.C9H12INO2S/c17-13-6-7-15(18-12-13)16-20-10-8-19(9-11-21-16)14-4-2-1-3-5-14;1-14(2,3)19-13(18)17-11-6-7-20-12(11)10-5-4-9(15)8-16-10;10-6-1-2-8(12-5-6)9-7(11)3-4-13-9;1-9(2,3)13-8(12)11-6-4-5-14-7(6)10/h1-7,12H,8-11H2;4-8H,1-3H3,(H,17,18);1-5H,11H2;4-5H,1-3H3,(H,11,12). The first-order valence-corrected chi connectivity index (χ1v) is 26.9. The van der Waals surface area contributed by atoms with Crippen molar-refractivity contribution in [2.75, 3.05) is 47.6 Å². The zero-order chi connectivity index (χ0) is 49.3. The average Bonchev–Trinajstić information content (AvgIpc) is 4.03. The van der Waals surface area contributed by atoms with Gasteiger partial charge < -0.3 is 29.4 Å². The number of anilines is 4. The molecule has 2 amide bonds. The van der Waals surface area contributed by atoms with Crippen LogP contribution in [0.3, 0.4) is 0 Å². The van der Waals surface area contributed by atoms with Gasteiger partial charge in [0.25, 0.3) is 0 Å². The number of nitrogens with zero attached hydrogens (tertiary/aromatic N) is 4. The fourth-order valence-electron chi connectivity index (χ4n) is 5.66. The van der Waals surface area contributed by atoms with E-state index in [-0.39, 0.29) is 7.12 Å². The number of pyridine rings is 3. The molecule has 0 spiro atoms. The van der Waals surface area contributed by atoms with E-state index in [0.717, 1.165) is 67.5 Å². The zero-order valence-electron chi connectivity index (χ0n) is 38.0. The zero-order valence-corrected chi connectivity index (χ0v) is 47.4. The Labute approximate surface area is 448 Å². The summed E-state index contributed by atoms with van der Waals surface area (Å²) >= 11 is 17.0. The Morgan fingerprint density at radius 1 is 0.662 bits per heavy atom. The van der Waals surface area contributed by atoms with Gasteiger partial charge >= 0.3 is 19.3 Å². The van der Waals surface area contributed by atoms with Crippen LogP contribution in [0.4, 0.5) is 32.3 Å². The van der Waals surface area contributed by atoms with Gasteiger partial charge in [-0.15, -0.1) is 34.0 Å². The molecule has 1 aromatic carbocycles. The third kappa shape index (κ3) is 19.1. The molecule has 0 aliphatic carbocycles. The highest BCUT2D eigenvalue weighted by molar-refractivity contribution is 14.1. The van der Waals surface area contributed by atoms with Crippen LogP contribution in [0.1, 0.15) is 41.5 Å². The second-order valence-corrected chi connectivity index (χ2v) is 23.6. The molecule has 1 fully saturated rings. The third-order valence-corrected chi connectivity index (χ3v) is 13.9. The maximum Gasteiger partial charge on any atom is 0.513 e. The van der Waals surface area contributed by atoms with E-state index in [4.69, 9.17) is 24.5 Å². The molecule has 7 heterocycles. The molecule has 21 heteroatoms. The number of nitrogens with two attached hydrogens (primary N) is 1. The molecule has 0 radical (unpaired) electrons. The van der Waals surface area contributed by atoms with E-state index in [2.05, 4.69) is 113 Å². The monoisotopic (exact) mass is 1280 g/mol. The van der Waals surface area contributed by atoms with Gasteiger partial charge in [0.15, 0.2) is 0 Å². The smallest absolute Gasteiger partial charge is 0.444 e. The number of hydrogen-bond acceptors (Lipinski definition) is 14. The number of amides is 2. The lowest BCUT2D eigenvalue weighted by atomic mass is 9.83. The molecule has 1 saturated heterocycles. The Bertz CT molecular complexity index is 2620. The van der Waals surface area contributed by atoms with Crippen LogP contribution >= 0.6 is 104 Å². The molecule has 358 valence electrons. The summed E-state index contributed by atoms with van der Waals surface area (Å²) in [4.78, 5) is 40.3. The van der Waals surface area contributed by atoms with E-state index in [1.165, 1.54) is 17.0 Å². The van der Waals surface area contributed by atoms with E-state index in [0.29, 0.717) is 18.9 Å². The Morgan fingerprint density at radius 2 is 1.15 bits per heavy atom. The van der Waals surface area contributed by atoms with Crippen LogP contribution in [0, 0.1) is 2.88 Å². The highest BCUT2D eigenvalue weighted by Crippen LogP contribution is 2.33. The van der Waals surface area contributed by atoms with Gasteiger partial charge in [-0.1, -0.05) is 18.2 Å². The molecule has 68 heavy (non-hydrogen) atoms. The number of aromatic nitrogens is 3. The Balaban J connectivity index is 0.000000173. The molecular weight excluding hydrogens is 1230 g/mol. The number of nitrogens with one attached hydrogen (secondary N) is 2. The molecule has 0 atom stereocenters. The molecule has 7 aromatic rings. The third-order valence-electron chi connectivity index (χ3n) is 8.54. The van der Waals surface area contributed by atoms with Crippen molar-refractivity contribution in [2.24, 2.45) is 0 Å². The van der Waals surface area contributed by atoms with Crippen molar-refractivity contribution >= 4 is 152 Å². The average molecular weight is 1280 g/mol. The van der Waals surface area contributed by atoms with Gasteiger partial charge in [0, 0.05) is 64.0 Å². The molecule has 0 saturated carbocycles. The second-order valence-electron chi connectivity index (χ2n) is 16.3. The van der Waals surface area contributed by atoms with E-state index < -0.39 is 23.4 Å². The predicted molar refractivity (Wildman–Crippen MR) is 300 cm³/mol. The summed E-state index contributed by atoms with van der Waals surface area (Å²) in [5, 5.41) is 11.2. The fraction of sp³-hybridized carbons (Fsp3) is 0.255. The molecule has 4 N–H and O–H groups in total. The van der Waals surface area contributed by atoms with Crippen LogP contribution in [-0.4, -0.2) is 71.8 Å². The topological polar surface area (TPSA) is 163 Å². The maximum atomic E-state index is 11.8. The lowest BCUT2D eigenvalue weighted by molar-refractivity contribution is 0.0624. The Morgan fingerprint density at radius 3 is 1.62 bits per heavy atom. The second kappa shape index (κ2) is 26.9. The fourth-order valence-corrected chi connectivity index (χ4v) is 9.31. The minimum atomic E-state index is -0.518. The van der Waals surface area contributed by atoms with E-state index >= 15 is 0 Å². The van der Waals surface area contributed by atoms with Gasteiger partial charge in [0.1, 0.15) is 11.2 Å². The highest BCUT2D eigenvalue weighted by Gasteiger charge is 2.26. The lowest BCUT2D eigenvalue weighted by Gasteiger charge is -2.28. The van der Waals surface area contributed by atoms with Gasteiger partial charge in [-0.3, -0.25) is 25.6 Å².